The second-order valence-corrected chi connectivity index (χ2v) is 10.3. The van der Waals surface area contributed by atoms with Gasteiger partial charge in [-0.15, -0.1) is 0 Å². The number of aryl methyl sites for hydroxylation is 1. The summed E-state index contributed by atoms with van der Waals surface area (Å²) in [7, 11) is 1.89. The molecule has 1 saturated heterocycles. The zero-order chi connectivity index (χ0) is 24.3. The molecule has 1 fully saturated rings. The van der Waals surface area contributed by atoms with Crippen LogP contribution in [0.25, 0.3) is 10.9 Å². The van der Waals surface area contributed by atoms with Crippen LogP contribution >= 0.6 is 0 Å². The fraction of sp³-hybridized carbons (Fsp3) is 0.448. The van der Waals surface area contributed by atoms with Crippen LogP contribution in [0, 0.1) is 5.41 Å². The minimum Gasteiger partial charge on any atom is -0.483 e. The van der Waals surface area contributed by atoms with Gasteiger partial charge in [0.25, 0.3) is 5.91 Å². The molecule has 5 rings (SSSR count). The van der Waals surface area contributed by atoms with Gasteiger partial charge in [0.05, 0.1) is 6.42 Å². The number of aromatic nitrogens is 1. The molecule has 0 atom stereocenters. The third kappa shape index (κ3) is 5.21. The van der Waals surface area contributed by atoms with Crippen molar-refractivity contribution in [3.8, 4) is 5.75 Å². The molecule has 6 heteroatoms. The first kappa shape index (κ1) is 23.5. The third-order valence-corrected chi connectivity index (χ3v) is 7.92. The molecule has 35 heavy (non-hydrogen) atoms. The molecule has 1 N–H and O–H groups in total. The number of ether oxygens (including phenoxy) is 1. The Morgan fingerprint density at radius 1 is 1.03 bits per heavy atom. The van der Waals surface area contributed by atoms with Crippen molar-refractivity contribution in [3.63, 3.8) is 0 Å². The fourth-order valence-electron chi connectivity index (χ4n) is 5.78. The van der Waals surface area contributed by atoms with E-state index in [1.165, 1.54) is 5.56 Å². The van der Waals surface area contributed by atoms with Crippen LogP contribution in [0.4, 0.5) is 0 Å². The summed E-state index contributed by atoms with van der Waals surface area (Å²) in [6.07, 6.45) is 8.50. The van der Waals surface area contributed by atoms with E-state index in [1.807, 2.05) is 59.4 Å². The highest BCUT2D eigenvalue weighted by molar-refractivity contribution is 5.89. The summed E-state index contributed by atoms with van der Waals surface area (Å²) >= 11 is 0. The first-order valence-corrected chi connectivity index (χ1v) is 12.8. The summed E-state index contributed by atoms with van der Waals surface area (Å²) < 4.78 is 5.90. The number of likely N-dealkylation sites (N-methyl/N-ethyl adjacent to an activating group) is 1. The van der Waals surface area contributed by atoms with E-state index < -0.39 is 0 Å². The number of nitrogens with zero attached hydrogens (tertiary/aromatic N) is 2. The van der Waals surface area contributed by atoms with Crippen molar-refractivity contribution in [2.75, 3.05) is 33.3 Å². The number of nitrogens with one attached hydrogen (secondary N) is 1. The molecule has 3 heterocycles. The standard InChI is InChI=1S/C29H35N3O3/c1-31-21-29(13-7-6-9-22-8-2-5-12-26(22)35-20-28(31)34)14-16-32(17-15-29)27(33)18-23-19-30-25-11-4-3-10-24(23)25/h2-5,8,10-12,19,30H,6-7,9,13-18,20-21H2,1H3. The van der Waals surface area contributed by atoms with Gasteiger partial charge < -0.3 is 19.5 Å². The number of piperidine rings is 1. The predicted octanol–water partition coefficient (Wildman–Crippen LogP) is 4.58. The topological polar surface area (TPSA) is 65.6 Å². The Morgan fingerprint density at radius 2 is 1.80 bits per heavy atom. The Morgan fingerprint density at radius 3 is 2.66 bits per heavy atom. The molecule has 0 bridgehead atoms. The van der Waals surface area contributed by atoms with Gasteiger partial charge in [-0.05, 0) is 60.8 Å². The fourth-order valence-corrected chi connectivity index (χ4v) is 5.78. The molecule has 1 aromatic heterocycles. The Balaban J connectivity index is 1.24. The number of hydrogen-bond acceptors (Lipinski definition) is 3. The summed E-state index contributed by atoms with van der Waals surface area (Å²) in [5.74, 6) is 1.02. The maximum absolute atomic E-state index is 13.2. The second-order valence-electron chi connectivity index (χ2n) is 10.3. The number of likely N-dealkylation sites (tertiary alicyclic amines) is 1. The van der Waals surface area contributed by atoms with E-state index in [0.717, 1.165) is 80.4 Å². The van der Waals surface area contributed by atoms with E-state index in [-0.39, 0.29) is 23.8 Å². The van der Waals surface area contributed by atoms with Crippen LogP contribution in [-0.2, 0) is 22.4 Å². The van der Waals surface area contributed by atoms with Crippen molar-refractivity contribution in [3.05, 3.63) is 65.9 Å². The lowest BCUT2D eigenvalue weighted by Crippen LogP contribution is -2.49. The molecule has 2 amide bonds. The number of H-pyrrole nitrogens is 1. The summed E-state index contributed by atoms with van der Waals surface area (Å²) in [6, 6.07) is 16.2. The molecule has 0 radical (unpaired) electrons. The Kier molecular flexibility index (Phi) is 6.80. The van der Waals surface area contributed by atoms with Crippen molar-refractivity contribution < 1.29 is 14.3 Å². The maximum Gasteiger partial charge on any atom is 0.260 e. The second kappa shape index (κ2) is 10.1. The number of benzene rings is 2. The maximum atomic E-state index is 13.2. The molecule has 3 aromatic rings. The molecule has 1 spiro atoms. The number of carbonyl (C=O) groups is 2. The van der Waals surface area contributed by atoms with Gasteiger partial charge in [-0.2, -0.15) is 0 Å². The molecule has 0 aliphatic carbocycles. The van der Waals surface area contributed by atoms with Gasteiger partial charge in [0.2, 0.25) is 5.91 Å². The Labute approximate surface area is 207 Å². The highest BCUT2D eigenvalue weighted by Gasteiger charge is 2.37. The van der Waals surface area contributed by atoms with Crippen LogP contribution < -0.4 is 4.74 Å². The van der Waals surface area contributed by atoms with Crippen LogP contribution in [0.1, 0.15) is 43.2 Å². The molecular formula is C29H35N3O3. The minimum absolute atomic E-state index is 0.0117. The quantitative estimate of drug-likeness (QED) is 0.592. The van der Waals surface area contributed by atoms with E-state index in [1.54, 1.807) is 0 Å². The summed E-state index contributed by atoms with van der Waals surface area (Å²) in [5, 5.41) is 1.12. The molecule has 0 saturated carbocycles. The number of aromatic amines is 1. The highest BCUT2D eigenvalue weighted by Crippen LogP contribution is 2.38. The van der Waals surface area contributed by atoms with Crippen LogP contribution in [-0.4, -0.2) is 59.9 Å². The predicted molar refractivity (Wildman–Crippen MR) is 137 cm³/mol. The van der Waals surface area contributed by atoms with Crippen LogP contribution in [0.2, 0.25) is 0 Å². The molecule has 0 unspecified atom stereocenters. The van der Waals surface area contributed by atoms with Crippen molar-refractivity contribution in [1.29, 1.82) is 0 Å². The first-order valence-electron chi connectivity index (χ1n) is 12.8. The number of amides is 2. The van der Waals surface area contributed by atoms with Gasteiger partial charge >= 0.3 is 0 Å². The monoisotopic (exact) mass is 473 g/mol. The van der Waals surface area contributed by atoms with E-state index >= 15 is 0 Å². The van der Waals surface area contributed by atoms with E-state index in [0.29, 0.717) is 6.42 Å². The van der Waals surface area contributed by atoms with Crippen molar-refractivity contribution in [1.82, 2.24) is 14.8 Å². The normalized spacial score (nSPS) is 19.1. The lowest BCUT2D eigenvalue weighted by Gasteiger charge is -2.44. The average molecular weight is 474 g/mol. The summed E-state index contributed by atoms with van der Waals surface area (Å²) in [5.41, 5.74) is 3.36. The van der Waals surface area contributed by atoms with E-state index in [4.69, 9.17) is 4.74 Å². The SMILES string of the molecule is CN1CC2(CCCCc3ccccc3OCC1=O)CCN(C(=O)Cc1c[nH]c3ccccc13)CC2. The Hall–Kier alpha value is -3.28. The number of rotatable bonds is 2. The van der Waals surface area contributed by atoms with E-state index in [2.05, 4.69) is 17.1 Å². The van der Waals surface area contributed by atoms with Gasteiger partial charge in [0, 0.05) is 43.8 Å². The lowest BCUT2D eigenvalue weighted by molar-refractivity contribution is -0.137. The van der Waals surface area contributed by atoms with Crippen LogP contribution in [0.5, 0.6) is 5.75 Å². The number of carbonyl (C=O) groups excluding carboxylic acids is 2. The van der Waals surface area contributed by atoms with Crippen LogP contribution in [0.15, 0.2) is 54.7 Å². The van der Waals surface area contributed by atoms with Gasteiger partial charge in [0.15, 0.2) is 6.61 Å². The van der Waals surface area contributed by atoms with Gasteiger partial charge in [-0.25, -0.2) is 0 Å². The van der Waals surface area contributed by atoms with Crippen molar-refractivity contribution >= 4 is 22.7 Å². The molecule has 2 aromatic carbocycles. The average Bonchev–Trinajstić information content (AvgIpc) is 3.28. The van der Waals surface area contributed by atoms with Crippen LogP contribution in [0.3, 0.4) is 0 Å². The van der Waals surface area contributed by atoms with Crippen molar-refractivity contribution in [2.45, 2.75) is 44.9 Å². The third-order valence-electron chi connectivity index (χ3n) is 7.92. The molecule has 2 aliphatic heterocycles. The smallest absolute Gasteiger partial charge is 0.260 e. The molecular weight excluding hydrogens is 438 g/mol. The van der Waals surface area contributed by atoms with Gasteiger partial charge in [-0.1, -0.05) is 42.8 Å². The zero-order valence-electron chi connectivity index (χ0n) is 20.6. The minimum atomic E-state index is 0.0117. The van der Waals surface area contributed by atoms with Gasteiger partial charge in [0.1, 0.15) is 5.75 Å². The molecule has 184 valence electrons. The largest absolute Gasteiger partial charge is 0.483 e. The first-order chi connectivity index (χ1) is 17.0. The van der Waals surface area contributed by atoms with Crippen molar-refractivity contribution in [2.24, 2.45) is 5.41 Å². The van der Waals surface area contributed by atoms with E-state index in [9.17, 15) is 9.59 Å². The Bertz CT molecular complexity index is 1190. The number of para-hydroxylation sites is 2. The zero-order valence-corrected chi connectivity index (χ0v) is 20.6. The summed E-state index contributed by atoms with van der Waals surface area (Å²) in [6.45, 7) is 2.30. The van der Waals surface area contributed by atoms with Gasteiger partial charge in [-0.3, -0.25) is 9.59 Å². The summed E-state index contributed by atoms with van der Waals surface area (Å²) in [4.78, 5) is 33.1. The molecule has 2 aliphatic rings. The highest BCUT2D eigenvalue weighted by atomic mass is 16.5. The lowest BCUT2D eigenvalue weighted by atomic mass is 9.73. The molecule has 6 nitrogen and oxygen atoms in total. The number of hydrogen-bond donors (Lipinski definition) is 1. The number of fused-ring (bicyclic) bond motifs is 2.